The summed E-state index contributed by atoms with van der Waals surface area (Å²) in [6, 6.07) is 6.10. The number of alkyl halides is 1. The number of rotatable bonds is 9. The van der Waals surface area contributed by atoms with Crippen molar-refractivity contribution in [2.45, 2.75) is 51.6 Å². The first-order valence-corrected chi connectivity index (χ1v) is 11.1. The molecule has 3 N–H and O–H groups in total. The van der Waals surface area contributed by atoms with E-state index in [1.807, 2.05) is 0 Å². The van der Waals surface area contributed by atoms with E-state index in [9.17, 15) is 13.6 Å². The fourth-order valence-electron chi connectivity index (χ4n) is 3.46. The molecule has 1 heterocycles. The number of benzene rings is 1. The Balaban J connectivity index is 1.53. The number of halogens is 2. The highest BCUT2D eigenvalue weighted by atomic mass is 19.1. The number of hydrogen-bond donors (Lipinski definition) is 3. The molecular formula is C24H29F2N5O. The number of aromatic nitrogens is 2. The summed E-state index contributed by atoms with van der Waals surface area (Å²) in [7, 11) is 0. The predicted molar refractivity (Wildman–Crippen MR) is 122 cm³/mol. The highest BCUT2D eigenvalue weighted by Gasteiger charge is 2.29. The van der Waals surface area contributed by atoms with Crippen molar-refractivity contribution in [3.63, 3.8) is 0 Å². The number of anilines is 3. The van der Waals surface area contributed by atoms with E-state index in [1.165, 1.54) is 12.1 Å². The molecule has 2 atom stereocenters. The maximum atomic E-state index is 13.4. The van der Waals surface area contributed by atoms with Crippen molar-refractivity contribution in [2.24, 2.45) is 5.92 Å². The predicted octanol–water partition coefficient (Wildman–Crippen LogP) is 4.57. The molecule has 1 saturated carbocycles. The van der Waals surface area contributed by atoms with Crippen LogP contribution in [-0.2, 0) is 4.79 Å². The molecule has 1 aliphatic carbocycles. The number of hydrogen-bond acceptors (Lipinski definition) is 5. The first-order valence-electron chi connectivity index (χ1n) is 11.1. The van der Waals surface area contributed by atoms with E-state index in [4.69, 9.17) is 0 Å². The smallest absolute Gasteiger partial charge is 0.229 e. The molecule has 1 fully saturated rings. The van der Waals surface area contributed by atoms with Gasteiger partial charge in [-0.25, -0.2) is 13.8 Å². The van der Waals surface area contributed by atoms with Gasteiger partial charge in [0.2, 0.25) is 11.9 Å². The van der Waals surface area contributed by atoms with Crippen molar-refractivity contribution in [1.82, 2.24) is 15.3 Å². The van der Waals surface area contributed by atoms with Gasteiger partial charge in [-0.3, -0.25) is 4.79 Å². The lowest BCUT2D eigenvalue weighted by Gasteiger charge is -2.10. The molecule has 1 aromatic heterocycles. The number of nitrogens with zero attached hydrogens (tertiary/aromatic N) is 2. The summed E-state index contributed by atoms with van der Waals surface area (Å²) in [4.78, 5) is 20.8. The van der Waals surface area contributed by atoms with Crippen molar-refractivity contribution in [3.8, 4) is 11.8 Å². The lowest BCUT2D eigenvalue weighted by atomic mass is 10.1. The van der Waals surface area contributed by atoms with E-state index in [1.54, 1.807) is 18.3 Å². The molecule has 32 heavy (non-hydrogen) atoms. The maximum absolute atomic E-state index is 13.4. The summed E-state index contributed by atoms with van der Waals surface area (Å²) in [5.41, 5.74) is 1.24. The van der Waals surface area contributed by atoms with Crippen LogP contribution in [0.3, 0.4) is 0 Å². The van der Waals surface area contributed by atoms with Crippen LogP contribution in [0.4, 0.5) is 26.2 Å². The van der Waals surface area contributed by atoms with Gasteiger partial charge in [0.1, 0.15) is 17.8 Å². The van der Waals surface area contributed by atoms with Gasteiger partial charge in [0.25, 0.3) is 0 Å². The molecule has 8 heteroatoms. The van der Waals surface area contributed by atoms with E-state index < -0.39 is 6.17 Å². The Hall–Kier alpha value is -3.21. The summed E-state index contributed by atoms with van der Waals surface area (Å²) < 4.78 is 26.6. The Morgan fingerprint density at radius 2 is 2.16 bits per heavy atom. The van der Waals surface area contributed by atoms with Gasteiger partial charge in [-0.05, 0) is 50.3 Å². The van der Waals surface area contributed by atoms with Crippen LogP contribution in [0.2, 0.25) is 0 Å². The molecule has 3 rings (SSSR count). The highest BCUT2D eigenvalue weighted by molar-refractivity contribution is 5.78. The zero-order valence-electron chi connectivity index (χ0n) is 18.3. The quantitative estimate of drug-likeness (QED) is 0.393. The van der Waals surface area contributed by atoms with Crippen molar-refractivity contribution in [1.29, 1.82) is 0 Å². The first-order chi connectivity index (χ1) is 15.5. The fourth-order valence-corrected chi connectivity index (χ4v) is 3.46. The normalized spacial score (nSPS) is 17.3. The Bertz CT molecular complexity index is 972. The SMILES string of the molecule is CCCNc1nc(Nc2cccc(F)c2)ncc1C#CCCCNC(=O)[C@H]1CC[C@@H](F)C1. The standard InChI is InChI=1S/C24H29F2N5O/c1-2-12-27-22-18(16-29-24(31-22)30-21-9-6-8-19(25)15-21)7-4-3-5-13-28-23(32)17-10-11-20(26)14-17/h6,8-9,15-17,20H,2-3,5,10-14H2,1H3,(H,28,32)(H2,27,29,30,31)/t17-,20+/m0/s1. The molecule has 0 unspecified atom stereocenters. The van der Waals surface area contributed by atoms with Crippen LogP contribution in [0, 0.1) is 23.6 Å². The average molecular weight is 442 g/mol. The van der Waals surface area contributed by atoms with Crippen LogP contribution in [0.1, 0.15) is 51.0 Å². The summed E-state index contributed by atoms with van der Waals surface area (Å²) >= 11 is 0. The van der Waals surface area contributed by atoms with Gasteiger partial charge in [0, 0.05) is 31.1 Å². The Kier molecular flexibility index (Phi) is 8.79. The second-order valence-corrected chi connectivity index (χ2v) is 7.82. The highest BCUT2D eigenvalue weighted by Crippen LogP contribution is 2.27. The molecule has 0 aliphatic heterocycles. The van der Waals surface area contributed by atoms with Crippen molar-refractivity contribution in [2.75, 3.05) is 23.7 Å². The zero-order chi connectivity index (χ0) is 22.8. The largest absolute Gasteiger partial charge is 0.369 e. The third-order valence-corrected chi connectivity index (χ3v) is 5.15. The number of amides is 1. The van der Waals surface area contributed by atoms with E-state index in [0.717, 1.165) is 13.0 Å². The fraction of sp³-hybridized carbons (Fsp3) is 0.458. The average Bonchev–Trinajstić information content (AvgIpc) is 3.22. The summed E-state index contributed by atoms with van der Waals surface area (Å²) in [5.74, 6) is 6.55. The second-order valence-electron chi connectivity index (χ2n) is 7.82. The van der Waals surface area contributed by atoms with E-state index >= 15 is 0 Å². The Morgan fingerprint density at radius 3 is 2.91 bits per heavy atom. The number of nitrogens with one attached hydrogen (secondary N) is 3. The number of unbranched alkanes of at least 4 members (excludes halogenated alkanes) is 1. The Morgan fingerprint density at radius 1 is 1.28 bits per heavy atom. The van der Waals surface area contributed by atoms with Crippen molar-refractivity contribution >= 4 is 23.4 Å². The molecule has 1 amide bonds. The minimum absolute atomic E-state index is 0.0565. The van der Waals surface area contributed by atoms with E-state index in [2.05, 4.69) is 44.7 Å². The molecule has 0 spiro atoms. The van der Waals surface area contributed by atoms with Crippen molar-refractivity contribution in [3.05, 3.63) is 41.8 Å². The van der Waals surface area contributed by atoms with Gasteiger partial charge in [-0.2, -0.15) is 4.98 Å². The van der Waals surface area contributed by atoms with Gasteiger partial charge in [-0.1, -0.05) is 24.8 Å². The van der Waals surface area contributed by atoms with E-state index in [0.29, 0.717) is 61.7 Å². The molecule has 6 nitrogen and oxygen atoms in total. The molecule has 170 valence electrons. The van der Waals surface area contributed by atoms with Crippen LogP contribution in [0.15, 0.2) is 30.5 Å². The molecule has 1 aliphatic rings. The Labute approximate surface area is 187 Å². The summed E-state index contributed by atoms with van der Waals surface area (Å²) in [6.45, 7) is 3.31. The van der Waals surface area contributed by atoms with Crippen molar-refractivity contribution < 1.29 is 13.6 Å². The number of carbonyl (C=O) groups excluding carboxylic acids is 1. The van der Waals surface area contributed by atoms with Crippen LogP contribution in [-0.4, -0.2) is 35.1 Å². The van der Waals surface area contributed by atoms with Gasteiger partial charge in [0.15, 0.2) is 0 Å². The maximum Gasteiger partial charge on any atom is 0.229 e. The molecule has 0 saturated heterocycles. The van der Waals surface area contributed by atoms with Gasteiger partial charge in [-0.15, -0.1) is 0 Å². The van der Waals surface area contributed by atoms with Gasteiger partial charge in [0.05, 0.1) is 11.8 Å². The monoisotopic (exact) mass is 441 g/mol. The number of carbonyl (C=O) groups is 1. The first kappa shape index (κ1) is 23.5. The second kappa shape index (κ2) is 12.0. The van der Waals surface area contributed by atoms with E-state index in [-0.39, 0.29) is 17.6 Å². The lowest BCUT2D eigenvalue weighted by Crippen LogP contribution is -2.30. The molecule has 1 aromatic carbocycles. The van der Waals surface area contributed by atoms with Crippen LogP contribution in [0.25, 0.3) is 0 Å². The van der Waals surface area contributed by atoms with Crippen LogP contribution >= 0.6 is 0 Å². The van der Waals surface area contributed by atoms with Crippen LogP contribution in [0.5, 0.6) is 0 Å². The molecular weight excluding hydrogens is 412 g/mol. The third kappa shape index (κ3) is 7.19. The molecule has 2 aromatic rings. The van der Waals surface area contributed by atoms with Crippen LogP contribution < -0.4 is 16.0 Å². The minimum Gasteiger partial charge on any atom is -0.369 e. The van der Waals surface area contributed by atoms with Gasteiger partial charge < -0.3 is 16.0 Å². The molecule has 0 radical (unpaired) electrons. The zero-order valence-corrected chi connectivity index (χ0v) is 18.3. The minimum atomic E-state index is -0.843. The molecule has 0 bridgehead atoms. The summed E-state index contributed by atoms with van der Waals surface area (Å²) in [5, 5.41) is 9.11. The topological polar surface area (TPSA) is 78.9 Å². The summed E-state index contributed by atoms with van der Waals surface area (Å²) in [6.07, 6.45) is 4.48. The third-order valence-electron chi connectivity index (χ3n) is 5.15. The van der Waals surface area contributed by atoms with Gasteiger partial charge >= 0.3 is 0 Å². The lowest BCUT2D eigenvalue weighted by molar-refractivity contribution is -0.124.